The van der Waals surface area contributed by atoms with E-state index in [0.717, 1.165) is 16.7 Å². The van der Waals surface area contributed by atoms with Gasteiger partial charge in [0, 0.05) is 0 Å². The van der Waals surface area contributed by atoms with Gasteiger partial charge in [0.15, 0.2) is 5.65 Å². The van der Waals surface area contributed by atoms with Crippen LogP contribution in [0, 0.1) is 13.8 Å². The summed E-state index contributed by atoms with van der Waals surface area (Å²) in [5, 5.41) is 5.55. The van der Waals surface area contributed by atoms with Crippen LogP contribution in [0.4, 0.5) is 0 Å². The lowest BCUT2D eigenvalue weighted by atomic mass is 10.1. The molecule has 0 aliphatic rings. The second kappa shape index (κ2) is 4.07. The Balaban J connectivity index is 2.33. The smallest absolute Gasteiger partial charge is 0.167 e. The van der Waals surface area contributed by atoms with Gasteiger partial charge in [-0.15, -0.1) is 0 Å². The van der Waals surface area contributed by atoms with E-state index < -0.39 is 0 Å². The molecule has 3 rings (SSSR count). The van der Waals surface area contributed by atoms with E-state index in [1.807, 2.05) is 12.1 Å². The third kappa shape index (κ3) is 1.57. The van der Waals surface area contributed by atoms with Gasteiger partial charge in [0.2, 0.25) is 0 Å². The van der Waals surface area contributed by atoms with Crippen molar-refractivity contribution in [3.05, 3.63) is 47.0 Å². The number of benzene rings is 1. The number of rotatable bonds is 1. The van der Waals surface area contributed by atoms with E-state index in [9.17, 15) is 0 Å². The zero-order valence-corrected chi connectivity index (χ0v) is 10.8. The molecule has 0 aliphatic heterocycles. The topological polar surface area (TPSA) is 43.6 Å². The Kier molecular flexibility index (Phi) is 2.52. The average molecular weight is 259 g/mol. The van der Waals surface area contributed by atoms with Gasteiger partial charge in [-0.1, -0.05) is 23.7 Å². The van der Waals surface area contributed by atoms with E-state index in [0.29, 0.717) is 5.15 Å². The molecule has 0 N–H and O–H groups in total. The zero-order valence-electron chi connectivity index (χ0n) is 10.1. The first-order valence-electron chi connectivity index (χ1n) is 5.59. The van der Waals surface area contributed by atoms with Gasteiger partial charge in [-0.05, 0) is 31.0 Å². The standard InChI is InChI=1S/C13H11ClN4/c1-8-4-3-5-11(9(8)2)18-13-10(6-17-18)12(14)15-7-16-13/h3-7H,1-2H3. The van der Waals surface area contributed by atoms with E-state index >= 15 is 0 Å². The molecule has 0 aliphatic carbocycles. The molecule has 0 unspecified atom stereocenters. The highest BCUT2D eigenvalue weighted by atomic mass is 35.5. The van der Waals surface area contributed by atoms with Crippen molar-refractivity contribution in [3.8, 4) is 5.69 Å². The number of hydrogen-bond donors (Lipinski definition) is 0. The van der Waals surface area contributed by atoms with Gasteiger partial charge in [-0.3, -0.25) is 0 Å². The largest absolute Gasteiger partial charge is 0.224 e. The molecule has 0 saturated heterocycles. The third-order valence-corrected chi connectivity index (χ3v) is 3.42. The Morgan fingerprint density at radius 3 is 2.83 bits per heavy atom. The first kappa shape index (κ1) is 11.2. The lowest BCUT2D eigenvalue weighted by molar-refractivity contribution is 0.885. The monoisotopic (exact) mass is 258 g/mol. The van der Waals surface area contributed by atoms with Crippen molar-refractivity contribution in [3.63, 3.8) is 0 Å². The lowest BCUT2D eigenvalue weighted by Crippen LogP contribution is -2.01. The van der Waals surface area contributed by atoms with Crippen LogP contribution in [0.1, 0.15) is 11.1 Å². The molecule has 18 heavy (non-hydrogen) atoms. The van der Waals surface area contributed by atoms with Gasteiger partial charge in [0.05, 0.1) is 17.3 Å². The second-order valence-corrected chi connectivity index (χ2v) is 4.54. The van der Waals surface area contributed by atoms with Crippen molar-refractivity contribution in [1.82, 2.24) is 19.7 Å². The fraction of sp³-hybridized carbons (Fsp3) is 0.154. The average Bonchev–Trinajstić information content (AvgIpc) is 2.78. The van der Waals surface area contributed by atoms with Crippen molar-refractivity contribution in [2.45, 2.75) is 13.8 Å². The zero-order chi connectivity index (χ0) is 12.7. The summed E-state index contributed by atoms with van der Waals surface area (Å²) in [6.45, 7) is 4.15. The van der Waals surface area contributed by atoms with Crippen LogP contribution in [0.2, 0.25) is 5.15 Å². The molecule has 5 heteroatoms. The molecule has 0 amide bonds. The van der Waals surface area contributed by atoms with Crippen LogP contribution in [0.5, 0.6) is 0 Å². The van der Waals surface area contributed by atoms with Crippen LogP contribution >= 0.6 is 11.6 Å². The molecule has 4 nitrogen and oxygen atoms in total. The van der Waals surface area contributed by atoms with Gasteiger partial charge in [-0.2, -0.15) is 5.10 Å². The van der Waals surface area contributed by atoms with Crippen LogP contribution in [0.15, 0.2) is 30.7 Å². The Morgan fingerprint density at radius 1 is 1.17 bits per heavy atom. The van der Waals surface area contributed by atoms with Gasteiger partial charge in [-0.25, -0.2) is 14.6 Å². The predicted octanol–water partition coefficient (Wildman–Crippen LogP) is 3.09. The summed E-state index contributed by atoms with van der Waals surface area (Å²) >= 11 is 6.02. The van der Waals surface area contributed by atoms with Crippen LogP contribution in [-0.2, 0) is 0 Å². The molecule has 3 aromatic rings. The normalized spacial score (nSPS) is 11.1. The minimum absolute atomic E-state index is 0.427. The molecule has 0 saturated carbocycles. The maximum Gasteiger partial charge on any atom is 0.167 e. The summed E-state index contributed by atoms with van der Waals surface area (Å²) in [6, 6.07) is 6.10. The molecule has 0 spiro atoms. The summed E-state index contributed by atoms with van der Waals surface area (Å²) in [4.78, 5) is 8.21. The van der Waals surface area contributed by atoms with Crippen molar-refractivity contribution in [2.24, 2.45) is 0 Å². The molecule has 2 aromatic heterocycles. The van der Waals surface area contributed by atoms with E-state index in [2.05, 4.69) is 35.0 Å². The Labute approximate surface area is 109 Å². The Morgan fingerprint density at radius 2 is 2.00 bits per heavy atom. The first-order chi connectivity index (χ1) is 8.68. The first-order valence-corrected chi connectivity index (χ1v) is 5.97. The number of aromatic nitrogens is 4. The highest BCUT2D eigenvalue weighted by Crippen LogP contribution is 2.23. The molecular weight excluding hydrogens is 248 g/mol. The molecule has 2 heterocycles. The molecule has 0 atom stereocenters. The Hall–Kier alpha value is -1.94. The molecule has 0 bridgehead atoms. The number of halogens is 1. The minimum atomic E-state index is 0.427. The van der Waals surface area contributed by atoms with Gasteiger partial charge >= 0.3 is 0 Å². The van der Waals surface area contributed by atoms with Crippen LogP contribution in [0.3, 0.4) is 0 Å². The molecule has 0 radical (unpaired) electrons. The van der Waals surface area contributed by atoms with E-state index in [-0.39, 0.29) is 0 Å². The predicted molar refractivity (Wildman–Crippen MR) is 71.1 cm³/mol. The van der Waals surface area contributed by atoms with E-state index in [1.54, 1.807) is 10.9 Å². The fourth-order valence-electron chi connectivity index (χ4n) is 1.96. The highest BCUT2D eigenvalue weighted by molar-refractivity contribution is 6.33. The van der Waals surface area contributed by atoms with Crippen LogP contribution in [0.25, 0.3) is 16.7 Å². The van der Waals surface area contributed by atoms with E-state index in [4.69, 9.17) is 11.6 Å². The summed E-state index contributed by atoms with van der Waals surface area (Å²) in [6.07, 6.45) is 3.15. The van der Waals surface area contributed by atoms with Crippen molar-refractivity contribution in [1.29, 1.82) is 0 Å². The maximum atomic E-state index is 6.02. The number of fused-ring (bicyclic) bond motifs is 1. The minimum Gasteiger partial charge on any atom is -0.224 e. The molecule has 0 fully saturated rings. The van der Waals surface area contributed by atoms with Crippen molar-refractivity contribution in [2.75, 3.05) is 0 Å². The van der Waals surface area contributed by atoms with E-state index in [1.165, 1.54) is 17.5 Å². The maximum absolute atomic E-state index is 6.02. The summed E-state index contributed by atoms with van der Waals surface area (Å²) in [5.74, 6) is 0. The fourth-order valence-corrected chi connectivity index (χ4v) is 2.13. The second-order valence-electron chi connectivity index (χ2n) is 4.18. The van der Waals surface area contributed by atoms with Gasteiger partial charge in [0.1, 0.15) is 11.5 Å². The third-order valence-electron chi connectivity index (χ3n) is 3.12. The molecule has 90 valence electrons. The summed E-state index contributed by atoms with van der Waals surface area (Å²) in [5.41, 5.74) is 4.14. The van der Waals surface area contributed by atoms with Crippen LogP contribution in [-0.4, -0.2) is 19.7 Å². The number of hydrogen-bond acceptors (Lipinski definition) is 3. The highest BCUT2D eigenvalue weighted by Gasteiger charge is 2.11. The van der Waals surface area contributed by atoms with Gasteiger partial charge < -0.3 is 0 Å². The Bertz CT molecular complexity index is 733. The quantitative estimate of drug-likeness (QED) is 0.630. The van der Waals surface area contributed by atoms with Crippen molar-refractivity contribution < 1.29 is 0 Å². The number of aryl methyl sites for hydroxylation is 1. The van der Waals surface area contributed by atoms with Crippen molar-refractivity contribution >= 4 is 22.6 Å². The van der Waals surface area contributed by atoms with Gasteiger partial charge in [0.25, 0.3) is 0 Å². The number of nitrogens with zero attached hydrogens (tertiary/aromatic N) is 4. The van der Waals surface area contributed by atoms with Crippen LogP contribution < -0.4 is 0 Å². The lowest BCUT2D eigenvalue weighted by Gasteiger charge is -2.08. The summed E-state index contributed by atoms with van der Waals surface area (Å²) < 4.78 is 1.80. The molecule has 1 aromatic carbocycles. The SMILES string of the molecule is Cc1cccc(-n2ncc3c(Cl)ncnc32)c1C. The molecular formula is C13H11ClN4. The summed E-state index contributed by atoms with van der Waals surface area (Å²) in [7, 11) is 0.